The van der Waals surface area contributed by atoms with Crippen LogP contribution in [0.2, 0.25) is 0 Å². The molecule has 0 saturated carbocycles. The Morgan fingerprint density at radius 3 is 2.33 bits per heavy atom. The highest BCUT2D eigenvalue weighted by Gasteiger charge is 2.07. The van der Waals surface area contributed by atoms with Gasteiger partial charge in [-0.25, -0.2) is 4.99 Å². The van der Waals surface area contributed by atoms with Crippen LogP contribution in [0.3, 0.4) is 0 Å². The zero-order valence-corrected chi connectivity index (χ0v) is 12.0. The number of aromatic nitrogens is 1. The van der Waals surface area contributed by atoms with E-state index in [1.807, 2.05) is 36.4 Å². The predicted octanol–water partition coefficient (Wildman–Crippen LogP) is 3.94. The quantitative estimate of drug-likeness (QED) is 0.736. The lowest BCUT2D eigenvalue weighted by molar-refractivity contribution is 0.397. The van der Waals surface area contributed by atoms with Crippen LogP contribution in [0, 0.1) is 0 Å². The molecule has 3 rings (SSSR count). The van der Waals surface area contributed by atoms with Crippen LogP contribution < -0.4 is 9.47 Å². The van der Waals surface area contributed by atoms with Gasteiger partial charge in [0.2, 0.25) is 0 Å². The standard InChI is InChI=1S/C17H16N2O2/c1-20-15-8-5-9-16(21-2)17(15)18-11-13-10-12-6-3-4-7-14(12)19-13/h3-11,19H,1-2H3. The van der Waals surface area contributed by atoms with Crippen LogP contribution in [0.4, 0.5) is 5.69 Å². The molecule has 0 saturated heterocycles. The van der Waals surface area contributed by atoms with E-state index in [9.17, 15) is 0 Å². The maximum absolute atomic E-state index is 5.33. The molecular weight excluding hydrogens is 264 g/mol. The smallest absolute Gasteiger partial charge is 0.148 e. The fourth-order valence-electron chi connectivity index (χ4n) is 2.26. The Morgan fingerprint density at radius 1 is 0.952 bits per heavy atom. The Hall–Kier alpha value is -2.75. The lowest BCUT2D eigenvalue weighted by Crippen LogP contribution is -1.89. The number of para-hydroxylation sites is 2. The van der Waals surface area contributed by atoms with E-state index in [1.54, 1.807) is 20.4 Å². The normalized spacial score (nSPS) is 11.1. The van der Waals surface area contributed by atoms with Crippen molar-refractivity contribution in [2.45, 2.75) is 0 Å². The fourth-order valence-corrected chi connectivity index (χ4v) is 2.26. The molecule has 0 radical (unpaired) electrons. The molecule has 21 heavy (non-hydrogen) atoms. The third kappa shape index (κ3) is 2.60. The molecule has 3 aromatic rings. The Kier molecular flexibility index (Phi) is 3.60. The monoisotopic (exact) mass is 280 g/mol. The third-order valence-electron chi connectivity index (χ3n) is 3.29. The maximum atomic E-state index is 5.33. The first-order valence-corrected chi connectivity index (χ1v) is 6.64. The molecule has 0 amide bonds. The SMILES string of the molecule is COc1cccc(OC)c1N=Cc1cc2ccccc2[nH]1. The topological polar surface area (TPSA) is 46.6 Å². The van der Waals surface area contributed by atoms with Gasteiger partial charge in [-0.05, 0) is 24.3 Å². The molecule has 4 heteroatoms. The number of nitrogens with one attached hydrogen (secondary N) is 1. The highest BCUT2D eigenvalue weighted by atomic mass is 16.5. The van der Waals surface area contributed by atoms with Crippen LogP contribution in [0.25, 0.3) is 10.9 Å². The van der Waals surface area contributed by atoms with Crippen LogP contribution in [-0.4, -0.2) is 25.4 Å². The first-order valence-electron chi connectivity index (χ1n) is 6.64. The molecular formula is C17H16N2O2. The fraction of sp³-hybridized carbons (Fsp3) is 0.118. The highest BCUT2D eigenvalue weighted by Crippen LogP contribution is 2.36. The van der Waals surface area contributed by atoms with Crippen molar-refractivity contribution in [3.63, 3.8) is 0 Å². The number of methoxy groups -OCH3 is 2. The summed E-state index contributed by atoms with van der Waals surface area (Å²) in [6, 6.07) is 15.8. The summed E-state index contributed by atoms with van der Waals surface area (Å²) in [5.74, 6) is 1.36. The third-order valence-corrected chi connectivity index (χ3v) is 3.29. The first-order chi connectivity index (χ1) is 10.3. The van der Waals surface area contributed by atoms with Gasteiger partial charge in [0.25, 0.3) is 0 Å². The zero-order valence-electron chi connectivity index (χ0n) is 12.0. The number of H-pyrrole nitrogens is 1. The minimum Gasteiger partial charge on any atom is -0.494 e. The molecule has 0 bridgehead atoms. The molecule has 106 valence electrons. The van der Waals surface area contributed by atoms with E-state index in [0.29, 0.717) is 17.2 Å². The van der Waals surface area contributed by atoms with Crippen molar-refractivity contribution in [3.05, 3.63) is 54.2 Å². The van der Waals surface area contributed by atoms with E-state index in [4.69, 9.17) is 9.47 Å². The van der Waals surface area contributed by atoms with Crippen molar-refractivity contribution in [3.8, 4) is 11.5 Å². The summed E-state index contributed by atoms with van der Waals surface area (Å²) in [6.07, 6.45) is 1.78. The predicted molar refractivity (Wildman–Crippen MR) is 85.1 cm³/mol. The van der Waals surface area contributed by atoms with Crippen molar-refractivity contribution >= 4 is 22.8 Å². The van der Waals surface area contributed by atoms with E-state index < -0.39 is 0 Å². The van der Waals surface area contributed by atoms with Crippen molar-refractivity contribution in [1.82, 2.24) is 4.98 Å². The number of benzene rings is 2. The minimum absolute atomic E-state index is 0.682. The Balaban J connectivity index is 1.99. The van der Waals surface area contributed by atoms with Gasteiger partial charge in [-0.15, -0.1) is 0 Å². The molecule has 0 aliphatic rings. The number of aromatic amines is 1. The zero-order chi connectivity index (χ0) is 14.7. The molecule has 2 aromatic carbocycles. The molecule has 0 spiro atoms. The largest absolute Gasteiger partial charge is 0.494 e. The number of fused-ring (bicyclic) bond motifs is 1. The molecule has 0 atom stereocenters. The van der Waals surface area contributed by atoms with Gasteiger partial charge in [-0.3, -0.25) is 0 Å². The molecule has 0 aliphatic heterocycles. The van der Waals surface area contributed by atoms with E-state index in [1.165, 1.54) is 0 Å². The molecule has 4 nitrogen and oxygen atoms in total. The number of nitrogens with zero attached hydrogens (tertiary/aromatic N) is 1. The molecule has 0 fully saturated rings. The molecule has 0 aliphatic carbocycles. The van der Waals surface area contributed by atoms with Crippen molar-refractivity contribution in [1.29, 1.82) is 0 Å². The average molecular weight is 280 g/mol. The summed E-state index contributed by atoms with van der Waals surface area (Å²) in [5, 5.41) is 1.16. The number of rotatable bonds is 4. The van der Waals surface area contributed by atoms with Gasteiger partial charge >= 0.3 is 0 Å². The van der Waals surface area contributed by atoms with E-state index in [0.717, 1.165) is 16.6 Å². The van der Waals surface area contributed by atoms with Crippen LogP contribution >= 0.6 is 0 Å². The van der Waals surface area contributed by atoms with Gasteiger partial charge in [0.15, 0.2) is 0 Å². The highest BCUT2D eigenvalue weighted by molar-refractivity contribution is 5.91. The minimum atomic E-state index is 0.682. The molecule has 1 N–H and O–H groups in total. The Labute approximate surface area is 123 Å². The maximum Gasteiger partial charge on any atom is 0.148 e. The number of aliphatic imine (C=N–C) groups is 1. The summed E-state index contributed by atoms with van der Waals surface area (Å²) in [6.45, 7) is 0. The van der Waals surface area contributed by atoms with Crippen LogP contribution in [0.1, 0.15) is 5.69 Å². The summed E-state index contributed by atoms with van der Waals surface area (Å²) in [4.78, 5) is 7.82. The summed E-state index contributed by atoms with van der Waals surface area (Å²) in [7, 11) is 3.24. The van der Waals surface area contributed by atoms with Gasteiger partial charge in [0, 0.05) is 10.9 Å². The first kappa shape index (κ1) is 13.2. The number of ether oxygens (including phenoxy) is 2. The van der Waals surface area contributed by atoms with E-state index in [2.05, 4.69) is 22.1 Å². The molecule has 1 aromatic heterocycles. The second-order valence-electron chi connectivity index (χ2n) is 4.58. The van der Waals surface area contributed by atoms with Crippen LogP contribution in [0.15, 0.2) is 53.5 Å². The summed E-state index contributed by atoms with van der Waals surface area (Å²) >= 11 is 0. The van der Waals surface area contributed by atoms with Gasteiger partial charge in [-0.1, -0.05) is 24.3 Å². The second-order valence-corrected chi connectivity index (χ2v) is 4.58. The summed E-state index contributed by atoms with van der Waals surface area (Å²) in [5.41, 5.74) is 2.70. The van der Waals surface area contributed by atoms with Crippen molar-refractivity contribution in [2.24, 2.45) is 4.99 Å². The molecule has 0 unspecified atom stereocenters. The summed E-state index contributed by atoms with van der Waals surface area (Å²) < 4.78 is 10.7. The number of hydrogen-bond acceptors (Lipinski definition) is 3. The van der Waals surface area contributed by atoms with Gasteiger partial charge < -0.3 is 14.5 Å². The van der Waals surface area contributed by atoms with Gasteiger partial charge in [0.05, 0.1) is 26.1 Å². The Bertz CT molecular complexity index is 735. The average Bonchev–Trinajstić information content (AvgIpc) is 2.95. The van der Waals surface area contributed by atoms with E-state index >= 15 is 0 Å². The number of hydrogen-bond donors (Lipinski definition) is 1. The van der Waals surface area contributed by atoms with Crippen molar-refractivity contribution < 1.29 is 9.47 Å². The Morgan fingerprint density at radius 2 is 1.67 bits per heavy atom. The lowest BCUT2D eigenvalue weighted by atomic mass is 10.2. The van der Waals surface area contributed by atoms with Gasteiger partial charge in [-0.2, -0.15) is 0 Å². The van der Waals surface area contributed by atoms with E-state index in [-0.39, 0.29) is 0 Å². The van der Waals surface area contributed by atoms with Crippen LogP contribution in [0.5, 0.6) is 11.5 Å². The second kappa shape index (κ2) is 5.71. The van der Waals surface area contributed by atoms with Crippen LogP contribution in [-0.2, 0) is 0 Å². The molecule has 1 heterocycles. The lowest BCUT2D eigenvalue weighted by Gasteiger charge is -2.08. The van der Waals surface area contributed by atoms with Gasteiger partial charge in [0.1, 0.15) is 17.2 Å². The van der Waals surface area contributed by atoms with Crippen molar-refractivity contribution in [2.75, 3.05) is 14.2 Å².